The lowest BCUT2D eigenvalue weighted by Gasteiger charge is -2.06. The Labute approximate surface area is 157 Å². The summed E-state index contributed by atoms with van der Waals surface area (Å²) in [4.78, 5) is 26.8. The average Bonchev–Trinajstić information content (AvgIpc) is 3.11. The minimum atomic E-state index is -1.19. The van der Waals surface area contributed by atoms with E-state index in [1.54, 1.807) is 18.2 Å². The Bertz CT molecular complexity index is 1250. The Balaban J connectivity index is 1.95. The molecule has 28 heavy (non-hydrogen) atoms. The molecule has 0 radical (unpaired) electrons. The number of pyridine rings is 1. The number of hydrogen-bond acceptors (Lipinski definition) is 6. The lowest BCUT2D eigenvalue weighted by Crippen LogP contribution is -2.00. The highest BCUT2D eigenvalue weighted by molar-refractivity contribution is 6.08. The number of phenols is 1. The minimum absolute atomic E-state index is 0.0237. The summed E-state index contributed by atoms with van der Waals surface area (Å²) in [5.41, 5.74) is 1.58. The van der Waals surface area contributed by atoms with Gasteiger partial charge in [-0.2, -0.15) is 5.10 Å². The lowest BCUT2D eigenvalue weighted by molar-refractivity contribution is -0.384. The van der Waals surface area contributed by atoms with Crippen LogP contribution in [-0.4, -0.2) is 36.3 Å². The number of H-pyrrole nitrogens is 1. The summed E-state index contributed by atoms with van der Waals surface area (Å²) in [5, 5.41) is 37.5. The third kappa shape index (κ3) is 2.90. The van der Waals surface area contributed by atoms with Crippen molar-refractivity contribution < 1.29 is 19.9 Å². The van der Waals surface area contributed by atoms with Gasteiger partial charge in [0.05, 0.1) is 27.3 Å². The number of aromatic hydroxyl groups is 1. The van der Waals surface area contributed by atoms with Crippen LogP contribution in [0.25, 0.3) is 33.5 Å². The second-order valence-electron chi connectivity index (χ2n) is 6.02. The highest BCUT2D eigenvalue weighted by Gasteiger charge is 2.21. The number of aromatic carboxylic acids is 1. The lowest BCUT2D eigenvalue weighted by atomic mass is 10.0. The number of carbonyl (C=O) groups is 1. The predicted molar refractivity (Wildman–Crippen MR) is 100 cm³/mol. The van der Waals surface area contributed by atoms with E-state index in [-0.39, 0.29) is 28.0 Å². The molecule has 0 aliphatic heterocycles. The highest BCUT2D eigenvalue weighted by Crippen LogP contribution is 2.33. The van der Waals surface area contributed by atoms with E-state index in [1.807, 2.05) is 0 Å². The quantitative estimate of drug-likeness (QED) is 0.365. The van der Waals surface area contributed by atoms with Gasteiger partial charge in [0.2, 0.25) is 0 Å². The largest absolute Gasteiger partial charge is 0.508 e. The van der Waals surface area contributed by atoms with E-state index >= 15 is 0 Å². The first-order chi connectivity index (χ1) is 13.4. The third-order valence-corrected chi connectivity index (χ3v) is 4.24. The van der Waals surface area contributed by atoms with E-state index in [0.717, 1.165) is 0 Å². The maximum absolute atomic E-state index is 11.9. The van der Waals surface area contributed by atoms with Gasteiger partial charge in [0.1, 0.15) is 5.75 Å². The maximum Gasteiger partial charge on any atom is 0.336 e. The zero-order chi connectivity index (χ0) is 19.8. The van der Waals surface area contributed by atoms with Crippen molar-refractivity contribution in [2.24, 2.45) is 0 Å². The Kier molecular flexibility index (Phi) is 3.96. The fourth-order valence-corrected chi connectivity index (χ4v) is 2.99. The predicted octanol–water partition coefficient (Wildman–Crippen LogP) is 3.60. The topological polar surface area (TPSA) is 142 Å². The summed E-state index contributed by atoms with van der Waals surface area (Å²) >= 11 is 0. The molecule has 0 saturated heterocycles. The van der Waals surface area contributed by atoms with Crippen LogP contribution in [0.15, 0.2) is 54.6 Å². The van der Waals surface area contributed by atoms with E-state index in [1.165, 1.54) is 36.4 Å². The van der Waals surface area contributed by atoms with Gasteiger partial charge in [-0.05, 0) is 18.2 Å². The number of non-ortho nitro benzene ring substituents is 1. The molecule has 0 spiro atoms. The number of phenolic OH excluding ortho intramolecular Hbond substituents is 1. The molecule has 0 aliphatic carbocycles. The Morgan fingerprint density at radius 3 is 2.54 bits per heavy atom. The molecule has 0 saturated carbocycles. The summed E-state index contributed by atoms with van der Waals surface area (Å²) in [7, 11) is 0. The molecule has 0 atom stereocenters. The molecule has 138 valence electrons. The SMILES string of the molecule is O=C(O)c1cc(-c2cccc(O)c2)nc2n[nH]c(-c3cccc([N+](=O)[O-])c3)c12. The molecule has 4 rings (SSSR count). The first-order valence-electron chi connectivity index (χ1n) is 8.10. The van der Waals surface area contributed by atoms with Crippen LogP contribution < -0.4 is 0 Å². The van der Waals surface area contributed by atoms with E-state index in [2.05, 4.69) is 15.2 Å². The van der Waals surface area contributed by atoms with Crippen LogP contribution in [0.1, 0.15) is 10.4 Å². The Morgan fingerprint density at radius 1 is 1.07 bits per heavy atom. The zero-order valence-electron chi connectivity index (χ0n) is 14.2. The van der Waals surface area contributed by atoms with Crippen LogP contribution in [-0.2, 0) is 0 Å². The number of nitro groups is 1. The van der Waals surface area contributed by atoms with Crippen molar-refractivity contribution >= 4 is 22.7 Å². The van der Waals surface area contributed by atoms with Crippen molar-refractivity contribution in [3.63, 3.8) is 0 Å². The van der Waals surface area contributed by atoms with Crippen molar-refractivity contribution in [2.45, 2.75) is 0 Å². The first-order valence-corrected chi connectivity index (χ1v) is 8.10. The molecule has 0 unspecified atom stereocenters. The molecule has 9 heteroatoms. The van der Waals surface area contributed by atoms with Crippen LogP contribution in [0.2, 0.25) is 0 Å². The van der Waals surface area contributed by atoms with Crippen LogP contribution in [0.4, 0.5) is 5.69 Å². The Morgan fingerprint density at radius 2 is 1.82 bits per heavy atom. The van der Waals surface area contributed by atoms with Crippen molar-refractivity contribution in [1.29, 1.82) is 0 Å². The van der Waals surface area contributed by atoms with Crippen molar-refractivity contribution in [1.82, 2.24) is 15.2 Å². The van der Waals surface area contributed by atoms with Gasteiger partial charge in [-0.25, -0.2) is 9.78 Å². The van der Waals surface area contributed by atoms with Gasteiger partial charge < -0.3 is 10.2 Å². The van der Waals surface area contributed by atoms with E-state index in [9.17, 15) is 25.1 Å². The van der Waals surface area contributed by atoms with Gasteiger partial charge in [0.25, 0.3) is 5.69 Å². The number of carboxylic acid groups (broad SMARTS) is 1. The molecule has 0 fully saturated rings. The average molecular weight is 376 g/mol. The molecule has 0 amide bonds. The van der Waals surface area contributed by atoms with Crippen LogP contribution in [0.3, 0.4) is 0 Å². The van der Waals surface area contributed by atoms with Gasteiger partial charge >= 0.3 is 5.97 Å². The molecular weight excluding hydrogens is 364 g/mol. The molecule has 3 N–H and O–H groups in total. The normalized spacial score (nSPS) is 10.9. The Hall–Kier alpha value is -4.27. The summed E-state index contributed by atoms with van der Waals surface area (Å²) in [6, 6.07) is 13.5. The molecule has 2 heterocycles. The summed E-state index contributed by atoms with van der Waals surface area (Å²) in [5.74, 6) is -1.17. The zero-order valence-corrected chi connectivity index (χ0v) is 14.2. The van der Waals surface area contributed by atoms with Gasteiger partial charge in [-0.1, -0.05) is 24.3 Å². The van der Waals surface area contributed by atoms with Crippen LogP contribution in [0.5, 0.6) is 5.75 Å². The van der Waals surface area contributed by atoms with Gasteiger partial charge in [0, 0.05) is 23.3 Å². The van der Waals surface area contributed by atoms with Crippen molar-refractivity contribution in [2.75, 3.05) is 0 Å². The van der Waals surface area contributed by atoms with Gasteiger partial charge in [-0.3, -0.25) is 15.2 Å². The number of aromatic amines is 1. The molecule has 4 aromatic rings. The van der Waals surface area contributed by atoms with Crippen molar-refractivity contribution in [3.05, 3.63) is 70.3 Å². The van der Waals surface area contributed by atoms with Crippen molar-refractivity contribution in [3.8, 4) is 28.3 Å². The number of aromatic nitrogens is 3. The standard InChI is InChI=1S/C19H12N4O5/c24-13-6-2-3-10(8-13)15-9-14(19(25)26)16-17(21-22-18(16)20-15)11-4-1-5-12(7-11)23(27)28/h1-9,24H,(H,25,26)(H,20,21,22). The number of hydrogen-bond donors (Lipinski definition) is 3. The summed E-state index contributed by atoms with van der Waals surface area (Å²) in [6.45, 7) is 0. The summed E-state index contributed by atoms with van der Waals surface area (Å²) < 4.78 is 0. The molecule has 9 nitrogen and oxygen atoms in total. The number of carboxylic acids is 1. The molecule has 0 aliphatic rings. The number of rotatable bonds is 4. The fraction of sp³-hybridized carbons (Fsp3) is 0. The molecular formula is C19H12N4O5. The molecule has 2 aromatic heterocycles. The number of nitrogens with one attached hydrogen (secondary N) is 1. The highest BCUT2D eigenvalue weighted by atomic mass is 16.6. The maximum atomic E-state index is 11.9. The monoisotopic (exact) mass is 376 g/mol. The fourth-order valence-electron chi connectivity index (χ4n) is 2.99. The minimum Gasteiger partial charge on any atom is -0.508 e. The first kappa shape index (κ1) is 17.2. The van der Waals surface area contributed by atoms with Crippen LogP contribution >= 0.6 is 0 Å². The van der Waals surface area contributed by atoms with Crippen LogP contribution in [0, 0.1) is 10.1 Å². The number of benzene rings is 2. The number of nitrogens with zero attached hydrogens (tertiary/aromatic N) is 3. The third-order valence-electron chi connectivity index (χ3n) is 4.24. The number of fused-ring (bicyclic) bond motifs is 1. The molecule has 2 aromatic carbocycles. The number of nitro benzene ring substituents is 1. The van der Waals surface area contributed by atoms with E-state index in [4.69, 9.17) is 0 Å². The second kappa shape index (κ2) is 6.47. The smallest absolute Gasteiger partial charge is 0.336 e. The summed E-state index contributed by atoms with van der Waals surface area (Å²) in [6.07, 6.45) is 0. The van der Waals surface area contributed by atoms with E-state index in [0.29, 0.717) is 22.5 Å². The van der Waals surface area contributed by atoms with Gasteiger partial charge in [0.15, 0.2) is 5.65 Å². The molecule has 0 bridgehead atoms. The second-order valence-corrected chi connectivity index (χ2v) is 6.02. The van der Waals surface area contributed by atoms with E-state index < -0.39 is 10.9 Å². The van der Waals surface area contributed by atoms with Gasteiger partial charge in [-0.15, -0.1) is 0 Å².